The van der Waals surface area contributed by atoms with Crippen molar-refractivity contribution in [2.75, 3.05) is 13.7 Å². The van der Waals surface area contributed by atoms with Gasteiger partial charge in [-0.2, -0.15) is 0 Å². The van der Waals surface area contributed by atoms with Crippen molar-refractivity contribution in [1.29, 1.82) is 0 Å². The predicted octanol–water partition coefficient (Wildman–Crippen LogP) is 3.38. The molecule has 0 radical (unpaired) electrons. The number of hydrogen-bond donors (Lipinski definition) is 1. The van der Waals surface area contributed by atoms with E-state index in [9.17, 15) is 0 Å². The number of ether oxygens (including phenoxy) is 2. The summed E-state index contributed by atoms with van der Waals surface area (Å²) < 4.78 is 11.6. The molecule has 0 bridgehead atoms. The highest BCUT2D eigenvalue weighted by atomic mass is 16.5. The highest BCUT2D eigenvalue weighted by Gasteiger charge is 2.06. The second kappa shape index (κ2) is 7.56. The molecule has 106 valence electrons. The minimum Gasteiger partial charge on any atom is -0.493 e. The molecule has 3 heteroatoms. The molecule has 2 aromatic rings. The molecule has 0 aliphatic heterocycles. The topological polar surface area (TPSA) is 30.5 Å². The van der Waals surface area contributed by atoms with Gasteiger partial charge in [-0.05, 0) is 26.1 Å². The average molecular weight is 271 g/mol. The highest BCUT2D eigenvalue weighted by Crippen LogP contribution is 2.23. The van der Waals surface area contributed by atoms with Crippen LogP contribution in [0.15, 0.2) is 48.5 Å². The molecule has 0 atom stereocenters. The molecular formula is C17H21NO2. The van der Waals surface area contributed by atoms with Gasteiger partial charge in [-0.15, -0.1) is 0 Å². The molecule has 2 rings (SSSR count). The number of rotatable bonds is 7. The summed E-state index contributed by atoms with van der Waals surface area (Å²) in [5.41, 5.74) is 2.22. The summed E-state index contributed by atoms with van der Waals surface area (Å²) in [4.78, 5) is 0. The molecule has 20 heavy (non-hydrogen) atoms. The summed E-state index contributed by atoms with van der Waals surface area (Å²) >= 11 is 0. The molecular weight excluding hydrogens is 250 g/mol. The third-order valence-electron chi connectivity index (χ3n) is 3.00. The van der Waals surface area contributed by atoms with Gasteiger partial charge >= 0.3 is 0 Å². The van der Waals surface area contributed by atoms with E-state index in [0.717, 1.165) is 29.2 Å². The number of hydrogen-bond acceptors (Lipinski definition) is 3. The largest absolute Gasteiger partial charge is 0.493 e. The summed E-state index contributed by atoms with van der Waals surface area (Å²) in [5.74, 6) is 1.80. The molecule has 1 N–H and O–H groups in total. The molecule has 0 saturated heterocycles. The second-order valence-corrected chi connectivity index (χ2v) is 4.47. The van der Waals surface area contributed by atoms with Crippen LogP contribution in [-0.2, 0) is 13.2 Å². The van der Waals surface area contributed by atoms with E-state index < -0.39 is 0 Å². The van der Waals surface area contributed by atoms with Crippen molar-refractivity contribution in [3.8, 4) is 11.5 Å². The van der Waals surface area contributed by atoms with Crippen LogP contribution >= 0.6 is 0 Å². The van der Waals surface area contributed by atoms with Gasteiger partial charge in [0.1, 0.15) is 18.1 Å². The molecule has 0 aliphatic carbocycles. The van der Waals surface area contributed by atoms with E-state index >= 15 is 0 Å². The van der Waals surface area contributed by atoms with E-state index in [0.29, 0.717) is 13.2 Å². The van der Waals surface area contributed by atoms with Gasteiger partial charge in [0, 0.05) is 17.7 Å². The lowest BCUT2D eigenvalue weighted by molar-refractivity contribution is 0.284. The monoisotopic (exact) mass is 271 g/mol. The van der Waals surface area contributed by atoms with Crippen LogP contribution in [0.1, 0.15) is 18.1 Å². The van der Waals surface area contributed by atoms with Gasteiger partial charge in [-0.1, -0.05) is 36.4 Å². The molecule has 3 nitrogen and oxygen atoms in total. The fourth-order valence-corrected chi connectivity index (χ4v) is 2.06. The minimum atomic E-state index is 0.511. The van der Waals surface area contributed by atoms with Crippen molar-refractivity contribution >= 4 is 0 Å². The fraction of sp³-hybridized carbons (Fsp3) is 0.294. The summed E-state index contributed by atoms with van der Waals surface area (Å²) in [6.45, 7) is 3.95. The maximum atomic E-state index is 5.94. The zero-order valence-electron chi connectivity index (χ0n) is 12.1. The van der Waals surface area contributed by atoms with Crippen molar-refractivity contribution in [2.45, 2.75) is 20.1 Å². The summed E-state index contributed by atoms with van der Waals surface area (Å²) in [7, 11) is 1.93. The Morgan fingerprint density at radius 3 is 2.10 bits per heavy atom. The van der Waals surface area contributed by atoms with Crippen LogP contribution in [0.25, 0.3) is 0 Å². The zero-order chi connectivity index (χ0) is 14.2. The van der Waals surface area contributed by atoms with Crippen molar-refractivity contribution < 1.29 is 9.47 Å². The molecule has 0 aromatic heterocycles. The minimum absolute atomic E-state index is 0.511. The third kappa shape index (κ3) is 3.75. The smallest absolute Gasteiger partial charge is 0.125 e. The molecule has 0 fully saturated rings. The molecule has 0 heterocycles. The molecule has 0 unspecified atom stereocenters. The molecule has 2 aromatic carbocycles. The Labute approximate surface area is 120 Å². The molecule has 0 saturated carbocycles. The number of nitrogens with one attached hydrogen (secondary N) is 1. The first-order valence-electron chi connectivity index (χ1n) is 6.91. The highest BCUT2D eigenvalue weighted by molar-refractivity contribution is 5.36. The van der Waals surface area contributed by atoms with Gasteiger partial charge < -0.3 is 14.8 Å². The van der Waals surface area contributed by atoms with Crippen molar-refractivity contribution in [3.05, 3.63) is 59.7 Å². The van der Waals surface area contributed by atoms with Crippen LogP contribution in [0.3, 0.4) is 0 Å². The second-order valence-electron chi connectivity index (χ2n) is 4.47. The van der Waals surface area contributed by atoms with Crippen LogP contribution in [0.2, 0.25) is 0 Å². The lowest BCUT2D eigenvalue weighted by atomic mass is 10.2. The maximum absolute atomic E-state index is 5.94. The number of benzene rings is 2. The average Bonchev–Trinajstić information content (AvgIpc) is 2.48. The Bertz CT molecular complexity index is 491. The van der Waals surface area contributed by atoms with Gasteiger partial charge in [0.15, 0.2) is 0 Å². The Morgan fingerprint density at radius 1 is 0.850 bits per heavy atom. The Balaban J connectivity index is 2.09. The Hall–Kier alpha value is -2.00. The fourth-order valence-electron chi connectivity index (χ4n) is 2.06. The van der Waals surface area contributed by atoms with Gasteiger partial charge in [-0.3, -0.25) is 0 Å². The van der Waals surface area contributed by atoms with Gasteiger partial charge in [0.05, 0.1) is 6.61 Å². The van der Waals surface area contributed by atoms with Crippen LogP contribution in [0, 0.1) is 0 Å². The first-order valence-corrected chi connectivity index (χ1v) is 6.91. The SMILES string of the molecule is CCOc1ccccc1COc1ccccc1CNC. The van der Waals surface area contributed by atoms with E-state index in [-0.39, 0.29) is 0 Å². The van der Waals surface area contributed by atoms with E-state index in [1.807, 2.05) is 56.4 Å². The quantitative estimate of drug-likeness (QED) is 0.837. The predicted molar refractivity (Wildman–Crippen MR) is 81.1 cm³/mol. The summed E-state index contributed by atoms with van der Waals surface area (Å²) in [6, 6.07) is 16.1. The van der Waals surface area contributed by atoms with Crippen LogP contribution < -0.4 is 14.8 Å². The van der Waals surface area contributed by atoms with E-state index in [2.05, 4.69) is 11.4 Å². The van der Waals surface area contributed by atoms with Crippen molar-refractivity contribution in [1.82, 2.24) is 5.32 Å². The summed E-state index contributed by atoms with van der Waals surface area (Å²) in [5, 5.41) is 3.15. The molecule has 0 spiro atoms. The van der Waals surface area contributed by atoms with Crippen LogP contribution in [0.5, 0.6) is 11.5 Å². The van der Waals surface area contributed by atoms with Gasteiger partial charge in [0.25, 0.3) is 0 Å². The first kappa shape index (κ1) is 14.4. The normalized spacial score (nSPS) is 10.3. The lowest BCUT2D eigenvalue weighted by Gasteiger charge is -2.13. The Morgan fingerprint density at radius 2 is 1.45 bits per heavy atom. The molecule has 0 amide bonds. The van der Waals surface area contributed by atoms with E-state index in [1.165, 1.54) is 0 Å². The van der Waals surface area contributed by atoms with Gasteiger partial charge in [-0.25, -0.2) is 0 Å². The third-order valence-corrected chi connectivity index (χ3v) is 3.00. The van der Waals surface area contributed by atoms with E-state index in [4.69, 9.17) is 9.47 Å². The standard InChI is InChI=1S/C17H21NO2/c1-3-19-17-11-7-5-9-15(17)13-20-16-10-6-4-8-14(16)12-18-2/h4-11,18H,3,12-13H2,1-2H3. The zero-order valence-corrected chi connectivity index (χ0v) is 12.1. The van der Waals surface area contributed by atoms with Crippen molar-refractivity contribution in [3.63, 3.8) is 0 Å². The first-order chi connectivity index (χ1) is 9.85. The number of para-hydroxylation sites is 2. The molecule has 0 aliphatic rings. The van der Waals surface area contributed by atoms with Gasteiger partial charge in [0.2, 0.25) is 0 Å². The van der Waals surface area contributed by atoms with Crippen LogP contribution in [-0.4, -0.2) is 13.7 Å². The van der Waals surface area contributed by atoms with Crippen molar-refractivity contribution in [2.24, 2.45) is 0 Å². The lowest BCUT2D eigenvalue weighted by Crippen LogP contribution is -2.08. The van der Waals surface area contributed by atoms with Crippen LogP contribution in [0.4, 0.5) is 0 Å². The maximum Gasteiger partial charge on any atom is 0.125 e. The van der Waals surface area contributed by atoms with E-state index in [1.54, 1.807) is 0 Å². The summed E-state index contributed by atoms with van der Waals surface area (Å²) in [6.07, 6.45) is 0. The Kier molecular flexibility index (Phi) is 5.44.